The van der Waals surface area contributed by atoms with Crippen LogP contribution in [0.5, 0.6) is 0 Å². The molecule has 4 nitrogen and oxygen atoms in total. The van der Waals surface area contributed by atoms with Gasteiger partial charge in [0.2, 0.25) is 10.0 Å². The van der Waals surface area contributed by atoms with Crippen molar-refractivity contribution in [3.63, 3.8) is 0 Å². The summed E-state index contributed by atoms with van der Waals surface area (Å²) in [5.74, 6) is 0. The first-order valence-corrected chi connectivity index (χ1v) is 8.62. The van der Waals surface area contributed by atoms with Crippen molar-refractivity contribution in [3.05, 3.63) is 27.7 Å². The Labute approximate surface area is 126 Å². The van der Waals surface area contributed by atoms with Gasteiger partial charge < -0.3 is 4.74 Å². The molecule has 2 rings (SSSR count). The van der Waals surface area contributed by atoms with E-state index in [0.717, 1.165) is 4.47 Å². The molecule has 19 heavy (non-hydrogen) atoms. The summed E-state index contributed by atoms with van der Waals surface area (Å²) in [5.41, 5.74) is 0. The fraction of sp³-hybridized carbons (Fsp3) is 0.500. The van der Waals surface area contributed by atoms with Gasteiger partial charge in [0.25, 0.3) is 0 Å². The summed E-state index contributed by atoms with van der Waals surface area (Å²) in [7, 11) is -3.57. The first-order valence-electron chi connectivity index (χ1n) is 6.01. The highest BCUT2D eigenvalue weighted by molar-refractivity contribution is 9.10. The van der Waals surface area contributed by atoms with Crippen LogP contribution in [0.25, 0.3) is 0 Å². The lowest BCUT2D eigenvalue weighted by atomic mass is 10.2. The molecule has 0 aliphatic carbocycles. The van der Waals surface area contributed by atoms with Crippen LogP contribution in [-0.4, -0.2) is 38.5 Å². The van der Waals surface area contributed by atoms with Crippen molar-refractivity contribution in [1.29, 1.82) is 0 Å². The smallest absolute Gasteiger partial charge is 0.244 e. The summed E-state index contributed by atoms with van der Waals surface area (Å²) in [6.07, 6.45) is 0.716. The normalized spacial score (nSPS) is 21.5. The number of nitrogens with zero attached hydrogens (tertiary/aromatic N) is 1. The number of sulfonamides is 1. The average molecular weight is 369 g/mol. The minimum absolute atomic E-state index is 0.126. The number of hydrogen-bond acceptors (Lipinski definition) is 3. The molecular formula is C12H15BrClNO3S. The number of halogens is 2. The summed E-state index contributed by atoms with van der Waals surface area (Å²) in [4.78, 5) is 0.151. The van der Waals surface area contributed by atoms with Crippen LogP contribution in [-0.2, 0) is 14.8 Å². The van der Waals surface area contributed by atoms with E-state index in [1.54, 1.807) is 12.1 Å². The monoisotopic (exact) mass is 367 g/mol. The molecule has 0 saturated carbocycles. The Morgan fingerprint density at radius 1 is 1.53 bits per heavy atom. The van der Waals surface area contributed by atoms with Crippen molar-refractivity contribution < 1.29 is 13.2 Å². The minimum atomic E-state index is -3.57. The van der Waals surface area contributed by atoms with Gasteiger partial charge in [0.05, 0.1) is 18.2 Å². The van der Waals surface area contributed by atoms with Crippen LogP contribution in [0.4, 0.5) is 0 Å². The van der Waals surface area contributed by atoms with E-state index in [0.29, 0.717) is 26.2 Å². The Kier molecular flexibility index (Phi) is 4.89. The molecule has 1 fully saturated rings. The molecule has 0 amide bonds. The summed E-state index contributed by atoms with van der Waals surface area (Å²) in [6.45, 7) is 3.17. The molecule has 0 spiro atoms. The van der Waals surface area contributed by atoms with Crippen LogP contribution in [0, 0.1) is 0 Å². The molecule has 1 atom stereocenters. The molecule has 1 aliphatic rings. The predicted octanol–water partition coefficient (Wildman–Crippen LogP) is 2.90. The van der Waals surface area contributed by atoms with E-state index in [4.69, 9.17) is 16.3 Å². The molecule has 7 heteroatoms. The van der Waals surface area contributed by atoms with Crippen molar-refractivity contribution in [2.75, 3.05) is 19.8 Å². The summed E-state index contributed by atoms with van der Waals surface area (Å²) < 4.78 is 32.9. The third-order valence-corrected chi connectivity index (χ3v) is 6.05. The van der Waals surface area contributed by atoms with E-state index in [-0.39, 0.29) is 16.0 Å². The Bertz CT molecular complexity index is 564. The Morgan fingerprint density at radius 3 is 2.89 bits per heavy atom. The second kappa shape index (κ2) is 6.10. The maximum absolute atomic E-state index is 12.7. The van der Waals surface area contributed by atoms with Crippen molar-refractivity contribution in [3.8, 4) is 0 Å². The van der Waals surface area contributed by atoms with E-state index < -0.39 is 10.0 Å². The van der Waals surface area contributed by atoms with Crippen LogP contribution in [0.15, 0.2) is 27.6 Å². The maximum Gasteiger partial charge on any atom is 0.244 e. The van der Waals surface area contributed by atoms with E-state index in [9.17, 15) is 8.42 Å². The van der Waals surface area contributed by atoms with Crippen molar-refractivity contribution in [1.82, 2.24) is 4.31 Å². The standard InChI is InChI=1S/C12H15BrClNO3S/c1-2-10-8-18-6-5-15(10)19(16,17)12-4-3-9(13)7-11(12)14/h3-4,7,10H,2,5-6,8H2,1H3. The molecular weight excluding hydrogens is 354 g/mol. The molecule has 106 valence electrons. The SMILES string of the molecule is CCC1COCCN1S(=O)(=O)c1ccc(Br)cc1Cl. The van der Waals surface area contributed by atoms with Gasteiger partial charge in [-0.15, -0.1) is 0 Å². The van der Waals surface area contributed by atoms with Crippen LogP contribution in [0.3, 0.4) is 0 Å². The predicted molar refractivity (Wildman–Crippen MR) is 77.9 cm³/mol. The first-order chi connectivity index (χ1) is 8.96. The summed E-state index contributed by atoms with van der Waals surface area (Å²) in [6, 6.07) is 4.68. The quantitative estimate of drug-likeness (QED) is 0.824. The van der Waals surface area contributed by atoms with Gasteiger partial charge in [-0.1, -0.05) is 34.5 Å². The highest BCUT2D eigenvalue weighted by Gasteiger charge is 2.34. The van der Waals surface area contributed by atoms with Gasteiger partial charge >= 0.3 is 0 Å². The number of hydrogen-bond donors (Lipinski definition) is 0. The molecule has 1 aliphatic heterocycles. The lowest BCUT2D eigenvalue weighted by Gasteiger charge is -2.34. The first kappa shape index (κ1) is 15.3. The van der Waals surface area contributed by atoms with Gasteiger partial charge in [0.15, 0.2) is 0 Å². The third kappa shape index (κ3) is 3.13. The number of morpholine rings is 1. The van der Waals surface area contributed by atoms with Crippen molar-refractivity contribution in [2.45, 2.75) is 24.3 Å². The summed E-state index contributed by atoms with van der Waals surface area (Å²) in [5, 5.41) is 0.232. The van der Waals surface area contributed by atoms with E-state index in [2.05, 4.69) is 15.9 Å². The third-order valence-electron chi connectivity index (χ3n) is 3.13. The van der Waals surface area contributed by atoms with E-state index in [1.807, 2.05) is 6.92 Å². The number of rotatable bonds is 3. The molecule has 0 N–H and O–H groups in total. The highest BCUT2D eigenvalue weighted by atomic mass is 79.9. The van der Waals surface area contributed by atoms with Crippen LogP contribution < -0.4 is 0 Å². The molecule has 1 aromatic rings. The lowest BCUT2D eigenvalue weighted by Crippen LogP contribution is -2.48. The number of benzene rings is 1. The molecule has 0 aromatic heterocycles. The largest absolute Gasteiger partial charge is 0.378 e. The van der Waals surface area contributed by atoms with Crippen LogP contribution >= 0.6 is 27.5 Å². The zero-order valence-corrected chi connectivity index (χ0v) is 13.6. The fourth-order valence-electron chi connectivity index (χ4n) is 2.09. The van der Waals surface area contributed by atoms with Crippen molar-refractivity contribution >= 4 is 37.6 Å². The molecule has 0 bridgehead atoms. The van der Waals surface area contributed by atoms with Crippen LogP contribution in [0.1, 0.15) is 13.3 Å². The Hall–Kier alpha value is -0.140. The zero-order valence-electron chi connectivity index (χ0n) is 10.5. The molecule has 0 radical (unpaired) electrons. The zero-order chi connectivity index (χ0) is 14.0. The van der Waals surface area contributed by atoms with E-state index >= 15 is 0 Å². The second-order valence-electron chi connectivity index (χ2n) is 4.33. The maximum atomic E-state index is 12.7. The number of ether oxygens (including phenoxy) is 1. The topological polar surface area (TPSA) is 46.6 Å². The summed E-state index contributed by atoms with van der Waals surface area (Å²) >= 11 is 9.33. The average Bonchev–Trinajstić information content (AvgIpc) is 2.38. The Balaban J connectivity index is 2.40. The molecule has 1 heterocycles. The van der Waals surface area contributed by atoms with Gasteiger partial charge in [-0.2, -0.15) is 4.31 Å². The van der Waals surface area contributed by atoms with Gasteiger partial charge in [-0.3, -0.25) is 0 Å². The van der Waals surface area contributed by atoms with Crippen LogP contribution in [0.2, 0.25) is 5.02 Å². The van der Waals surface area contributed by atoms with Gasteiger partial charge in [-0.25, -0.2) is 8.42 Å². The molecule has 1 saturated heterocycles. The van der Waals surface area contributed by atoms with Gasteiger partial charge in [0, 0.05) is 17.1 Å². The second-order valence-corrected chi connectivity index (χ2v) is 7.51. The van der Waals surface area contributed by atoms with Gasteiger partial charge in [0.1, 0.15) is 4.90 Å². The molecule has 1 aromatic carbocycles. The lowest BCUT2D eigenvalue weighted by molar-refractivity contribution is 0.0314. The Morgan fingerprint density at radius 2 is 2.26 bits per heavy atom. The fourth-order valence-corrected chi connectivity index (χ4v) is 4.77. The van der Waals surface area contributed by atoms with E-state index in [1.165, 1.54) is 10.4 Å². The highest BCUT2D eigenvalue weighted by Crippen LogP contribution is 2.29. The molecule has 1 unspecified atom stereocenters. The van der Waals surface area contributed by atoms with Gasteiger partial charge in [-0.05, 0) is 24.6 Å². The minimum Gasteiger partial charge on any atom is -0.378 e. The van der Waals surface area contributed by atoms with Crippen molar-refractivity contribution in [2.24, 2.45) is 0 Å².